The van der Waals surface area contributed by atoms with E-state index >= 15 is 0 Å². The first kappa shape index (κ1) is 14.2. The zero-order chi connectivity index (χ0) is 15.0. The van der Waals surface area contributed by atoms with Gasteiger partial charge in [0.05, 0.1) is 33.7 Å². The molecule has 0 saturated heterocycles. The third kappa shape index (κ3) is 2.71. The van der Waals surface area contributed by atoms with E-state index in [4.69, 9.17) is 23.2 Å². The summed E-state index contributed by atoms with van der Waals surface area (Å²) in [5.41, 5.74) is 2.05. The van der Waals surface area contributed by atoms with E-state index in [2.05, 4.69) is 15.0 Å². The van der Waals surface area contributed by atoms with Gasteiger partial charge < -0.3 is 4.57 Å². The van der Waals surface area contributed by atoms with Gasteiger partial charge in [0, 0.05) is 12.3 Å². The number of benzene rings is 1. The summed E-state index contributed by atoms with van der Waals surface area (Å²) < 4.78 is 15.5. The lowest BCUT2D eigenvalue weighted by molar-refractivity contribution is 0.629. The summed E-state index contributed by atoms with van der Waals surface area (Å²) in [7, 11) is 0. The fraction of sp³-hybridized carbons (Fsp3) is 0.214. The van der Waals surface area contributed by atoms with Crippen LogP contribution in [0.3, 0.4) is 0 Å². The molecule has 1 atom stereocenters. The summed E-state index contributed by atoms with van der Waals surface area (Å²) in [6, 6.07) is 4.68. The Kier molecular flexibility index (Phi) is 3.78. The van der Waals surface area contributed by atoms with Crippen LogP contribution in [-0.2, 0) is 6.54 Å². The second-order valence-corrected chi connectivity index (χ2v) is 5.69. The molecule has 0 aliphatic rings. The van der Waals surface area contributed by atoms with Crippen molar-refractivity contribution in [2.45, 2.75) is 18.8 Å². The predicted octanol–water partition coefficient (Wildman–Crippen LogP) is 3.97. The molecule has 2 heterocycles. The van der Waals surface area contributed by atoms with Gasteiger partial charge in [0.2, 0.25) is 0 Å². The van der Waals surface area contributed by atoms with Gasteiger partial charge >= 0.3 is 0 Å². The quantitative estimate of drug-likeness (QED) is 0.685. The van der Waals surface area contributed by atoms with Gasteiger partial charge in [-0.3, -0.25) is 0 Å². The minimum absolute atomic E-state index is 0.0557. The molecule has 0 saturated carbocycles. The average Bonchev–Trinajstić information content (AvgIpc) is 2.79. The summed E-state index contributed by atoms with van der Waals surface area (Å²) >= 11 is 12.1. The van der Waals surface area contributed by atoms with Crippen molar-refractivity contribution >= 4 is 34.2 Å². The van der Waals surface area contributed by atoms with E-state index in [-0.39, 0.29) is 10.4 Å². The lowest BCUT2D eigenvalue weighted by Gasteiger charge is -2.10. The molecule has 21 heavy (non-hydrogen) atoms. The molecule has 0 radical (unpaired) electrons. The van der Waals surface area contributed by atoms with Crippen molar-refractivity contribution in [1.82, 2.24) is 19.5 Å². The van der Waals surface area contributed by atoms with Crippen LogP contribution < -0.4 is 0 Å². The molecular weight excluding hydrogens is 314 g/mol. The number of hydrogen-bond donors (Lipinski definition) is 0. The fourth-order valence-corrected chi connectivity index (χ4v) is 2.51. The molecule has 0 N–H and O–H groups in total. The van der Waals surface area contributed by atoms with Gasteiger partial charge in [-0.15, -0.1) is 11.6 Å². The van der Waals surface area contributed by atoms with Crippen molar-refractivity contribution in [3.8, 4) is 0 Å². The summed E-state index contributed by atoms with van der Waals surface area (Å²) in [6.07, 6.45) is 3.14. The first-order valence-corrected chi connectivity index (χ1v) is 7.12. The lowest BCUT2D eigenvalue weighted by Crippen LogP contribution is -2.07. The number of hydrogen-bond acceptors (Lipinski definition) is 3. The Hall–Kier alpha value is -1.72. The van der Waals surface area contributed by atoms with Crippen LogP contribution in [0.4, 0.5) is 4.39 Å². The van der Waals surface area contributed by atoms with E-state index in [0.717, 1.165) is 11.2 Å². The SMILES string of the molecule is CC(Cl)c1nc2cc(F)c(Cl)cc2n1Cc1ccncn1. The number of aromatic nitrogens is 4. The first-order valence-electron chi connectivity index (χ1n) is 6.30. The third-order valence-electron chi connectivity index (χ3n) is 3.14. The smallest absolute Gasteiger partial charge is 0.144 e. The van der Waals surface area contributed by atoms with E-state index in [1.165, 1.54) is 12.4 Å². The maximum absolute atomic E-state index is 13.6. The van der Waals surface area contributed by atoms with Crippen molar-refractivity contribution in [1.29, 1.82) is 0 Å². The van der Waals surface area contributed by atoms with E-state index < -0.39 is 5.82 Å². The normalized spacial score (nSPS) is 12.8. The highest BCUT2D eigenvalue weighted by Crippen LogP contribution is 2.28. The monoisotopic (exact) mass is 324 g/mol. The van der Waals surface area contributed by atoms with Crippen molar-refractivity contribution in [3.05, 3.63) is 53.1 Å². The molecule has 0 bridgehead atoms. The molecular formula is C14H11Cl2FN4. The third-order valence-corrected chi connectivity index (χ3v) is 3.62. The molecule has 3 rings (SSSR count). The van der Waals surface area contributed by atoms with E-state index in [1.807, 2.05) is 11.5 Å². The van der Waals surface area contributed by atoms with Crippen molar-refractivity contribution < 1.29 is 4.39 Å². The highest BCUT2D eigenvalue weighted by Gasteiger charge is 2.17. The Bertz CT molecular complexity index is 787. The van der Waals surface area contributed by atoms with Crippen LogP contribution in [0.25, 0.3) is 11.0 Å². The van der Waals surface area contributed by atoms with E-state index in [0.29, 0.717) is 17.9 Å². The molecule has 0 spiro atoms. The van der Waals surface area contributed by atoms with Gasteiger partial charge in [0.15, 0.2) is 0 Å². The molecule has 1 unspecified atom stereocenters. The van der Waals surface area contributed by atoms with Crippen LogP contribution in [0, 0.1) is 5.82 Å². The molecule has 3 aromatic rings. The standard InChI is InChI=1S/C14H11Cl2FN4/c1-8(15)14-20-12-5-11(17)10(16)4-13(12)21(14)6-9-2-3-18-7-19-9/h2-5,7-8H,6H2,1H3. The van der Waals surface area contributed by atoms with Gasteiger partial charge in [-0.05, 0) is 19.1 Å². The molecule has 7 heteroatoms. The first-order chi connectivity index (χ1) is 10.1. The van der Waals surface area contributed by atoms with Gasteiger partial charge in [0.1, 0.15) is 18.0 Å². The Balaban J connectivity index is 2.18. The molecule has 108 valence electrons. The molecule has 4 nitrogen and oxygen atoms in total. The average molecular weight is 325 g/mol. The molecule has 0 aliphatic heterocycles. The molecule has 0 amide bonds. The minimum atomic E-state index is -0.496. The lowest BCUT2D eigenvalue weighted by atomic mass is 10.3. The number of halogens is 3. The van der Waals surface area contributed by atoms with E-state index in [1.54, 1.807) is 18.3 Å². The van der Waals surface area contributed by atoms with E-state index in [9.17, 15) is 4.39 Å². The molecule has 2 aromatic heterocycles. The van der Waals surface area contributed by atoms with Crippen LogP contribution in [0.15, 0.2) is 30.7 Å². The molecule has 1 aromatic carbocycles. The topological polar surface area (TPSA) is 43.6 Å². The highest BCUT2D eigenvalue weighted by molar-refractivity contribution is 6.31. The maximum Gasteiger partial charge on any atom is 0.144 e. The summed E-state index contributed by atoms with van der Waals surface area (Å²) in [5, 5.41) is -0.263. The summed E-state index contributed by atoms with van der Waals surface area (Å²) in [5.74, 6) is 0.150. The zero-order valence-corrected chi connectivity index (χ0v) is 12.6. The largest absolute Gasteiger partial charge is 0.321 e. The molecule has 0 fully saturated rings. The summed E-state index contributed by atoms with van der Waals surface area (Å²) in [4.78, 5) is 12.5. The van der Waals surface area contributed by atoms with Crippen molar-refractivity contribution in [2.75, 3.05) is 0 Å². The highest BCUT2D eigenvalue weighted by atomic mass is 35.5. The zero-order valence-electron chi connectivity index (χ0n) is 11.1. The Morgan fingerprint density at radius 3 is 2.86 bits per heavy atom. The number of alkyl halides is 1. The predicted molar refractivity (Wildman–Crippen MR) is 80.1 cm³/mol. The Morgan fingerprint density at radius 1 is 1.38 bits per heavy atom. The number of nitrogens with zero attached hydrogens (tertiary/aromatic N) is 4. The number of fused-ring (bicyclic) bond motifs is 1. The molecule has 0 aliphatic carbocycles. The van der Waals surface area contributed by atoms with Gasteiger partial charge in [-0.2, -0.15) is 0 Å². The van der Waals surface area contributed by atoms with Crippen LogP contribution in [0.1, 0.15) is 23.8 Å². The Labute approximate surface area is 130 Å². The van der Waals surface area contributed by atoms with Crippen LogP contribution in [0.2, 0.25) is 5.02 Å². The van der Waals surface area contributed by atoms with Gasteiger partial charge in [0.25, 0.3) is 0 Å². The summed E-state index contributed by atoms with van der Waals surface area (Å²) in [6.45, 7) is 2.28. The van der Waals surface area contributed by atoms with Crippen molar-refractivity contribution in [3.63, 3.8) is 0 Å². The van der Waals surface area contributed by atoms with Crippen LogP contribution in [-0.4, -0.2) is 19.5 Å². The van der Waals surface area contributed by atoms with Crippen LogP contribution in [0.5, 0.6) is 0 Å². The second kappa shape index (κ2) is 5.58. The number of rotatable bonds is 3. The number of imidazole rings is 1. The Morgan fingerprint density at radius 2 is 2.19 bits per heavy atom. The minimum Gasteiger partial charge on any atom is -0.321 e. The van der Waals surface area contributed by atoms with Crippen molar-refractivity contribution in [2.24, 2.45) is 0 Å². The van der Waals surface area contributed by atoms with Gasteiger partial charge in [-0.1, -0.05) is 11.6 Å². The van der Waals surface area contributed by atoms with Gasteiger partial charge in [-0.25, -0.2) is 19.3 Å². The second-order valence-electron chi connectivity index (χ2n) is 4.63. The maximum atomic E-state index is 13.6. The van der Waals surface area contributed by atoms with Crippen LogP contribution >= 0.6 is 23.2 Å². The fourth-order valence-electron chi connectivity index (χ4n) is 2.18.